The Morgan fingerprint density at radius 3 is 2.50 bits per heavy atom. The number of rotatable bonds is 10. The quantitative estimate of drug-likeness (QED) is 0.611. The van der Waals surface area contributed by atoms with Crippen LogP contribution in [0.5, 0.6) is 11.5 Å². The van der Waals surface area contributed by atoms with Crippen LogP contribution in [0.1, 0.15) is 35.1 Å². The maximum Gasteiger partial charge on any atom is 0.303 e. The molecule has 0 bridgehead atoms. The second kappa shape index (κ2) is 10.3. The summed E-state index contributed by atoms with van der Waals surface area (Å²) in [6.45, 7) is 7.31. The van der Waals surface area contributed by atoms with Crippen molar-refractivity contribution in [2.75, 3.05) is 13.2 Å². The normalized spacial score (nSPS) is 10.4. The molecule has 28 heavy (non-hydrogen) atoms. The summed E-state index contributed by atoms with van der Waals surface area (Å²) in [5, 5.41) is 11.3. The van der Waals surface area contributed by atoms with Gasteiger partial charge in [-0.15, -0.1) is 0 Å². The molecule has 1 amide bonds. The van der Waals surface area contributed by atoms with Crippen molar-refractivity contribution in [3.05, 3.63) is 58.7 Å². The lowest BCUT2D eigenvalue weighted by molar-refractivity contribution is -0.138. The van der Waals surface area contributed by atoms with Crippen LogP contribution in [0.3, 0.4) is 0 Å². The predicted molar refractivity (Wildman–Crippen MR) is 107 cm³/mol. The van der Waals surface area contributed by atoms with Crippen LogP contribution in [0.2, 0.25) is 0 Å². The molecule has 2 aromatic carbocycles. The first kappa shape index (κ1) is 21.3. The summed E-state index contributed by atoms with van der Waals surface area (Å²) < 4.78 is 11.6. The van der Waals surface area contributed by atoms with Gasteiger partial charge in [-0.05, 0) is 61.2 Å². The molecule has 0 unspecified atom stereocenters. The molecule has 0 spiro atoms. The Morgan fingerprint density at radius 1 is 1.00 bits per heavy atom. The third-order valence-corrected chi connectivity index (χ3v) is 4.33. The van der Waals surface area contributed by atoms with Crippen LogP contribution in [0, 0.1) is 20.8 Å². The zero-order chi connectivity index (χ0) is 20.5. The average molecular weight is 385 g/mol. The lowest BCUT2D eigenvalue weighted by atomic mass is 10.1. The van der Waals surface area contributed by atoms with Gasteiger partial charge in [0.1, 0.15) is 24.7 Å². The highest BCUT2D eigenvalue weighted by molar-refractivity contribution is 5.80. The van der Waals surface area contributed by atoms with Crippen molar-refractivity contribution < 1.29 is 24.2 Å². The molecule has 0 saturated carbocycles. The molecule has 2 rings (SSSR count). The monoisotopic (exact) mass is 385 g/mol. The minimum Gasteiger partial charge on any atom is -0.490 e. The maximum absolute atomic E-state index is 11.6. The average Bonchev–Trinajstić information content (AvgIpc) is 2.65. The first-order valence-electron chi connectivity index (χ1n) is 9.26. The minimum atomic E-state index is -0.983. The third kappa shape index (κ3) is 6.95. The van der Waals surface area contributed by atoms with E-state index in [1.165, 1.54) is 5.56 Å². The van der Waals surface area contributed by atoms with Crippen LogP contribution in [0.25, 0.3) is 0 Å². The number of nitrogens with one attached hydrogen (secondary N) is 1. The smallest absolute Gasteiger partial charge is 0.303 e. The van der Waals surface area contributed by atoms with Crippen molar-refractivity contribution in [2.45, 2.75) is 40.2 Å². The van der Waals surface area contributed by atoms with E-state index in [1.54, 1.807) is 0 Å². The van der Waals surface area contributed by atoms with Gasteiger partial charge in [0.15, 0.2) is 0 Å². The van der Waals surface area contributed by atoms with Crippen LogP contribution < -0.4 is 14.8 Å². The van der Waals surface area contributed by atoms with E-state index in [9.17, 15) is 9.59 Å². The molecule has 0 aliphatic carbocycles. The van der Waals surface area contributed by atoms with Gasteiger partial charge in [0, 0.05) is 13.0 Å². The van der Waals surface area contributed by atoms with E-state index < -0.39 is 5.97 Å². The number of amides is 1. The number of hydrogen-bond acceptors (Lipinski definition) is 4. The summed E-state index contributed by atoms with van der Waals surface area (Å²) in [4.78, 5) is 22.1. The van der Waals surface area contributed by atoms with Gasteiger partial charge in [-0.1, -0.05) is 18.2 Å². The molecule has 6 nitrogen and oxygen atoms in total. The molecule has 0 aliphatic rings. The molecule has 0 saturated heterocycles. The minimum absolute atomic E-state index is 0.0271. The van der Waals surface area contributed by atoms with Crippen molar-refractivity contribution in [1.82, 2.24) is 5.32 Å². The zero-order valence-corrected chi connectivity index (χ0v) is 16.6. The maximum atomic E-state index is 11.6. The summed E-state index contributed by atoms with van der Waals surface area (Å²) in [7, 11) is 0. The molecule has 2 N–H and O–H groups in total. The fourth-order valence-electron chi connectivity index (χ4n) is 2.72. The number of carbonyl (C=O) groups excluding carboxylic acids is 1. The van der Waals surface area contributed by atoms with Crippen molar-refractivity contribution in [3.63, 3.8) is 0 Å². The fraction of sp³-hybridized carbons (Fsp3) is 0.364. The van der Waals surface area contributed by atoms with Gasteiger partial charge < -0.3 is 19.9 Å². The van der Waals surface area contributed by atoms with Gasteiger partial charge in [-0.25, -0.2) is 0 Å². The molecule has 6 heteroatoms. The summed E-state index contributed by atoms with van der Waals surface area (Å²) in [6.07, 6.45) is -0.199. The largest absolute Gasteiger partial charge is 0.490 e. The Bertz CT molecular complexity index is 832. The zero-order valence-electron chi connectivity index (χ0n) is 16.6. The van der Waals surface area contributed by atoms with E-state index in [-0.39, 0.29) is 18.7 Å². The molecule has 150 valence electrons. The fourth-order valence-corrected chi connectivity index (χ4v) is 2.72. The predicted octanol–water partition coefficient (Wildman–Crippen LogP) is 3.55. The van der Waals surface area contributed by atoms with Gasteiger partial charge in [-0.2, -0.15) is 0 Å². The number of carboxylic acid groups (broad SMARTS) is 1. The standard InChI is InChI=1S/C22H27NO5/c1-15-11-16(2)17(3)20(12-15)28-10-9-27-19-6-4-5-18(13-19)14-23-21(24)7-8-22(25)26/h4-6,11-13H,7-10,14H2,1-3H3,(H,23,24)(H,25,26). The summed E-state index contributed by atoms with van der Waals surface area (Å²) in [5.74, 6) is 0.298. The summed E-state index contributed by atoms with van der Waals surface area (Å²) in [5.41, 5.74) is 4.38. The molecule has 0 fully saturated rings. The van der Waals surface area contributed by atoms with Crippen LogP contribution in [0.4, 0.5) is 0 Å². The number of carboxylic acids is 1. The molecular weight excluding hydrogens is 358 g/mol. The molecule has 2 aromatic rings. The Morgan fingerprint density at radius 2 is 1.75 bits per heavy atom. The molecule has 0 radical (unpaired) electrons. The number of aliphatic carboxylic acids is 1. The van der Waals surface area contributed by atoms with Gasteiger partial charge in [0.25, 0.3) is 0 Å². The molecular formula is C22H27NO5. The van der Waals surface area contributed by atoms with Crippen LogP contribution >= 0.6 is 0 Å². The number of hydrogen-bond donors (Lipinski definition) is 2. The van der Waals surface area contributed by atoms with Crippen LogP contribution in [-0.2, 0) is 16.1 Å². The van der Waals surface area contributed by atoms with Gasteiger partial charge in [-0.3, -0.25) is 9.59 Å². The van der Waals surface area contributed by atoms with Crippen molar-refractivity contribution in [2.24, 2.45) is 0 Å². The SMILES string of the molecule is Cc1cc(C)c(C)c(OCCOc2cccc(CNC(=O)CCC(=O)O)c2)c1. The van der Waals surface area contributed by atoms with E-state index in [2.05, 4.69) is 18.3 Å². The third-order valence-electron chi connectivity index (χ3n) is 4.33. The lowest BCUT2D eigenvalue weighted by Gasteiger charge is -2.13. The molecule has 0 aliphatic heterocycles. The first-order chi connectivity index (χ1) is 13.3. The summed E-state index contributed by atoms with van der Waals surface area (Å²) in [6, 6.07) is 11.6. The van der Waals surface area contributed by atoms with E-state index in [0.29, 0.717) is 25.5 Å². The second-order valence-electron chi connectivity index (χ2n) is 6.72. The van der Waals surface area contributed by atoms with Crippen LogP contribution in [0.15, 0.2) is 36.4 Å². The number of ether oxygens (including phenoxy) is 2. The Balaban J connectivity index is 1.78. The van der Waals surface area contributed by atoms with Gasteiger partial charge in [0.05, 0.1) is 6.42 Å². The Labute approximate surface area is 165 Å². The Kier molecular flexibility index (Phi) is 7.87. The number of benzene rings is 2. The van der Waals surface area contributed by atoms with E-state index in [4.69, 9.17) is 14.6 Å². The van der Waals surface area contributed by atoms with Gasteiger partial charge in [0.2, 0.25) is 5.91 Å². The topological polar surface area (TPSA) is 84.9 Å². The molecule has 0 aromatic heterocycles. The highest BCUT2D eigenvalue weighted by Gasteiger charge is 2.06. The summed E-state index contributed by atoms with van der Waals surface area (Å²) >= 11 is 0. The molecule has 0 heterocycles. The lowest BCUT2D eigenvalue weighted by Crippen LogP contribution is -2.23. The van der Waals surface area contributed by atoms with Gasteiger partial charge >= 0.3 is 5.97 Å². The van der Waals surface area contributed by atoms with Crippen molar-refractivity contribution >= 4 is 11.9 Å². The highest BCUT2D eigenvalue weighted by Crippen LogP contribution is 2.23. The number of aryl methyl sites for hydroxylation is 2. The molecule has 0 atom stereocenters. The van der Waals surface area contributed by atoms with E-state index in [0.717, 1.165) is 22.4 Å². The van der Waals surface area contributed by atoms with E-state index >= 15 is 0 Å². The second-order valence-corrected chi connectivity index (χ2v) is 6.72. The first-order valence-corrected chi connectivity index (χ1v) is 9.26. The van der Waals surface area contributed by atoms with E-state index in [1.807, 2.05) is 44.2 Å². The van der Waals surface area contributed by atoms with Crippen LogP contribution in [-0.4, -0.2) is 30.2 Å². The Hall–Kier alpha value is -3.02. The highest BCUT2D eigenvalue weighted by atomic mass is 16.5. The van der Waals surface area contributed by atoms with Crippen molar-refractivity contribution in [1.29, 1.82) is 0 Å². The number of carbonyl (C=O) groups is 2. The van der Waals surface area contributed by atoms with Crippen molar-refractivity contribution in [3.8, 4) is 11.5 Å².